The number of hydrogen-bond acceptors (Lipinski definition) is 6. The fraction of sp³-hybridized carbons (Fsp3) is 0.143. The van der Waals surface area contributed by atoms with Crippen LogP contribution in [0.1, 0.15) is 0 Å². The first-order chi connectivity index (χ1) is 15.6. The zero-order valence-corrected chi connectivity index (χ0v) is 19.1. The number of ether oxygens (including phenoxy) is 2. The Morgan fingerprint density at radius 1 is 0.848 bits per heavy atom. The van der Waals surface area contributed by atoms with Gasteiger partial charge in [0.2, 0.25) is 10.0 Å². The lowest BCUT2D eigenvalue weighted by atomic mass is 10.0. The monoisotopic (exact) mass is 498 g/mol. The van der Waals surface area contributed by atoms with Crippen LogP contribution in [0, 0.1) is 0 Å². The number of methoxy groups -OCH3 is 1. The number of rotatable bonds is 9. The van der Waals surface area contributed by atoms with Gasteiger partial charge in [-0.05, 0) is 61.1 Å². The number of sulfonamides is 2. The molecule has 0 atom stereocenters. The van der Waals surface area contributed by atoms with E-state index in [-0.39, 0.29) is 26.8 Å². The molecule has 8 nitrogen and oxygen atoms in total. The maximum absolute atomic E-state index is 12.9. The molecule has 3 aromatic rings. The first-order valence-corrected chi connectivity index (χ1v) is 12.3. The molecular weight excluding hydrogens is 478 g/mol. The van der Waals surface area contributed by atoms with E-state index in [1.165, 1.54) is 50.6 Å². The van der Waals surface area contributed by atoms with Crippen LogP contribution in [0.5, 0.6) is 11.5 Å². The fourth-order valence-corrected chi connectivity index (χ4v) is 4.87. The lowest BCUT2D eigenvalue weighted by Crippen LogP contribution is -2.19. The van der Waals surface area contributed by atoms with Crippen molar-refractivity contribution in [3.8, 4) is 22.6 Å². The van der Waals surface area contributed by atoms with E-state index in [9.17, 15) is 25.6 Å². The van der Waals surface area contributed by atoms with E-state index in [1.807, 2.05) is 0 Å². The first kappa shape index (κ1) is 24.4. The van der Waals surface area contributed by atoms with Crippen molar-refractivity contribution in [1.29, 1.82) is 0 Å². The second kappa shape index (κ2) is 9.73. The van der Waals surface area contributed by atoms with Gasteiger partial charge < -0.3 is 9.47 Å². The van der Waals surface area contributed by atoms with Gasteiger partial charge in [-0.25, -0.2) is 21.6 Å². The minimum Gasteiger partial charge on any atom is -0.497 e. The molecule has 0 spiro atoms. The molecular formula is C21H20F2N2O6S2. The summed E-state index contributed by atoms with van der Waals surface area (Å²) in [6.07, 6.45) is 0. The van der Waals surface area contributed by atoms with Crippen LogP contribution in [0.3, 0.4) is 0 Å². The van der Waals surface area contributed by atoms with Crippen molar-refractivity contribution in [1.82, 2.24) is 4.72 Å². The average molecular weight is 499 g/mol. The van der Waals surface area contributed by atoms with Crippen LogP contribution >= 0.6 is 0 Å². The summed E-state index contributed by atoms with van der Waals surface area (Å²) < 4.78 is 89.6. The number of halogens is 2. The molecule has 3 rings (SSSR count). The molecule has 3 aromatic carbocycles. The summed E-state index contributed by atoms with van der Waals surface area (Å²) in [5, 5.41) is 0. The minimum absolute atomic E-state index is 0.0595. The van der Waals surface area contributed by atoms with Crippen LogP contribution in [-0.2, 0) is 20.0 Å². The summed E-state index contributed by atoms with van der Waals surface area (Å²) in [5.74, 6) is 0.392. The molecule has 0 saturated heterocycles. The minimum atomic E-state index is -4.20. The van der Waals surface area contributed by atoms with Crippen LogP contribution in [0.15, 0.2) is 76.5 Å². The largest absolute Gasteiger partial charge is 0.497 e. The van der Waals surface area contributed by atoms with Crippen LogP contribution < -0.4 is 18.9 Å². The number of nitrogens with one attached hydrogen (secondary N) is 2. The third-order valence-electron chi connectivity index (χ3n) is 4.54. The third kappa shape index (κ3) is 5.78. The lowest BCUT2D eigenvalue weighted by molar-refractivity contribution is -0.0494. The molecule has 0 aliphatic carbocycles. The lowest BCUT2D eigenvalue weighted by Gasteiger charge is -2.15. The van der Waals surface area contributed by atoms with Crippen LogP contribution in [0.4, 0.5) is 14.5 Å². The summed E-state index contributed by atoms with van der Waals surface area (Å²) in [7, 11) is -5.38. The van der Waals surface area contributed by atoms with Crippen LogP contribution in [0.25, 0.3) is 11.1 Å². The number of alkyl halides is 2. The quantitative estimate of drug-likeness (QED) is 0.466. The maximum atomic E-state index is 12.9. The molecule has 0 amide bonds. The highest BCUT2D eigenvalue weighted by Gasteiger charge is 2.20. The molecule has 2 N–H and O–H groups in total. The normalized spacial score (nSPS) is 11.9. The Labute approximate surface area is 190 Å². The van der Waals surface area contributed by atoms with Crippen LogP contribution in [0.2, 0.25) is 0 Å². The van der Waals surface area contributed by atoms with Crippen molar-refractivity contribution in [2.24, 2.45) is 0 Å². The van der Waals surface area contributed by atoms with Gasteiger partial charge in [0.05, 0.1) is 16.9 Å². The van der Waals surface area contributed by atoms with Crippen LogP contribution in [-0.4, -0.2) is 37.6 Å². The topological polar surface area (TPSA) is 111 Å². The summed E-state index contributed by atoms with van der Waals surface area (Å²) in [6, 6.07) is 15.0. The Bertz CT molecular complexity index is 1350. The highest BCUT2D eigenvalue weighted by atomic mass is 32.2. The summed E-state index contributed by atoms with van der Waals surface area (Å²) in [5.41, 5.74) is 0.753. The Morgan fingerprint density at radius 2 is 1.48 bits per heavy atom. The van der Waals surface area contributed by atoms with Gasteiger partial charge in [-0.3, -0.25) is 4.72 Å². The van der Waals surface area contributed by atoms with Crippen molar-refractivity contribution in [3.63, 3.8) is 0 Å². The molecule has 0 aliphatic rings. The van der Waals surface area contributed by atoms with Gasteiger partial charge in [0.25, 0.3) is 10.0 Å². The summed E-state index contributed by atoms with van der Waals surface area (Å²) in [6.45, 7) is -3.08. The molecule has 0 bridgehead atoms. The van der Waals surface area contributed by atoms with Gasteiger partial charge in [0, 0.05) is 11.3 Å². The predicted molar refractivity (Wildman–Crippen MR) is 119 cm³/mol. The zero-order chi connectivity index (χ0) is 24.2. The summed E-state index contributed by atoms with van der Waals surface area (Å²) in [4.78, 5) is -0.523. The Morgan fingerprint density at radius 3 is 2.06 bits per heavy atom. The van der Waals surface area contributed by atoms with E-state index in [0.29, 0.717) is 11.3 Å². The Hall–Kier alpha value is -3.22. The second-order valence-corrected chi connectivity index (χ2v) is 10.2. The van der Waals surface area contributed by atoms with Crippen molar-refractivity contribution in [3.05, 3.63) is 66.7 Å². The predicted octanol–water partition coefficient (Wildman–Crippen LogP) is 3.67. The highest BCUT2D eigenvalue weighted by Crippen LogP contribution is 2.35. The third-order valence-corrected chi connectivity index (χ3v) is 7.33. The van der Waals surface area contributed by atoms with E-state index in [0.717, 1.165) is 6.07 Å². The molecule has 0 radical (unpaired) electrons. The number of anilines is 1. The van der Waals surface area contributed by atoms with Gasteiger partial charge in [-0.15, -0.1) is 0 Å². The van der Waals surface area contributed by atoms with Crippen molar-refractivity contribution >= 4 is 25.7 Å². The molecule has 0 aliphatic heterocycles. The Balaban J connectivity index is 2.00. The second-order valence-electron chi connectivity index (χ2n) is 6.61. The van der Waals surface area contributed by atoms with Gasteiger partial charge in [0.15, 0.2) is 0 Å². The van der Waals surface area contributed by atoms with Gasteiger partial charge in [0.1, 0.15) is 11.5 Å². The zero-order valence-electron chi connectivity index (χ0n) is 17.5. The van der Waals surface area contributed by atoms with E-state index in [4.69, 9.17) is 4.74 Å². The SMILES string of the molecule is CNS(=O)(=O)c1cccc(S(=O)(=O)Nc2ccc(OC(F)F)c(-c3ccc(OC)cc3)c2)c1. The molecule has 0 saturated carbocycles. The first-order valence-electron chi connectivity index (χ1n) is 9.35. The van der Waals surface area contributed by atoms with E-state index < -0.39 is 26.7 Å². The fourth-order valence-electron chi connectivity index (χ4n) is 2.93. The standard InChI is InChI=1S/C21H20F2N2O6S2/c1-24-32(26,27)17-4-3-5-18(13-17)33(28,29)25-15-8-11-20(31-21(22)23)19(12-15)14-6-9-16(30-2)10-7-14/h3-13,21,24-25H,1-2H3. The molecule has 0 unspecified atom stereocenters. The highest BCUT2D eigenvalue weighted by molar-refractivity contribution is 7.93. The molecule has 0 aromatic heterocycles. The maximum Gasteiger partial charge on any atom is 0.387 e. The van der Waals surface area contributed by atoms with E-state index in [2.05, 4.69) is 14.2 Å². The van der Waals surface area contributed by atoms with E-state index in [1.54, 1.807) is 24.3 Å². The van der Waals surface area contributed by atoms with Crippen molar-refractivity contribution in [2.75, 3.05) is 18.9 Å². The van der Waals surface area contributed by atoms with Gasteiger partial charge >= 0.3 is 6.61 Å². The molecule has 0 fully saturated rings. The summed E-state index contributed by atoms with van der Waals surface area (Å²) >= 11 is 0. The Kier molecular flexibility index (Phi) is 7.20. The van der Waals surface area contributed by atoms with E-state index >= 15 is 0 Å². The van der Waals surface area contributed by atoms with Crippen molar-refractivity contribution in [2.45, 2.75) is 16.4 Å². The molecule has 0 heterocycles. The molecule has 176 valence electrons. The number of benzene rings is 3. The smallest absolute Gasteiger partial charge is 0.387 e. The number of hydrogen-bond donors (Lipinski definition) is 2. The van der Waals surface area contributed by atoms with Gasteiger partial charge in [-0.2, -0.15) is 8.78 Å². The molecule has 12 heteroatoms. The van der Waals surface area contributed by atoms with Crippen molar-refractivity contribution < 1.29 is 35.1 Å². The molecule has 33 heavy (non-hydrogen) atoms. The van der Waals surface area contributed by atoms with Gasteiger partial charge in [-0.1, -0.05) is 18.2 Å². The average Bonchev–Trinajstić information content (AvgIpc) is 2.79.